The molecule has 2 heterocycles. The Bertz CT molecular complexity index is 1570. The molecule has 6 rings (SSSR count). The molecular weight excluding hydrogens is 571 g/mol. The number of para-hydroxylation sites is 1. The van der Waals surface area contributed by atoms with Crippen molar-refractivity contribution >= 4 is 51.9 Å². The smallest absolute Gasteiger partial charge is 0.198 e. The number of amidine groups is 1. The van der Waals surface area contributed by atoms with Gasteiger partial charge in [-0.1, -0.05) is 65.7 Å². The minimum absolute atomic E-state index is 0.144. The van der Waals surface area contributed by atoms with Crippen LogP contribution in [0, 0.1) is 0 Å². The molecule has 0 spiro atoms. The van der Waals surface area contributed by atoms with E-state index in [0.29, 0.717) is 35.7 Å². The van der Waals surface area contributed by atoms with Crippen LogP contribution < -0.4 is 19.5 Å². The lowest BCUT2D eigenvalue weighted by Crippen LogP contribution is -2.38. The molecule has 0 amide bonds. The third kappa shape index (κ3) is 5.95. The van der Waals surface area contributed by atoms with Crippen LogP contribution in [0.25, 0.3) is 0 Å². The zero-order chi connectivity index (χ0) is 29.1. The highest BCUT2D eigenvalue weighted by Crippen LogP contribution is 2.41. The topological polar surface area (TPSA) is 57.6 Å². The fourth-order valence-corrected chi connectivity index (χ4v) is 5.61. The van der Waals surface area contributed by atoms with Crippen LogP contribution in [0.5, 0.6) is 5.75 Å². The average Bonchev–Trinajstić information content (AvgIpc) is 3.43. The predicted molar refractivity (Wildman–Crippen MR) is 169 cm³/mol. The Morgan fingerprint density at radius 3 is 2.29 bits per heavy atom. The summed E-state index contributed by atoms with van der Waals surface area (Å²) >= 11 is 12.9. The summed E-state index contributed by atoms with van der Waals surface area (Å²) in [6.07, 6.45) is -0.429. The van der Waals surface area contributed by atoms with Crippen molar-refractivity contribution in [3.8, 4) is 5.75 Å². The van der Waals surface area contributed by atoms with Crippen molar-refractivity contribution in [3.63, 3.8) is 0 Å². The molecule has 0 bridgehead atoms. The SMILES string of the molecule is CC(=O)C1=NN(c2ccccc2)[C@H](c2ccc(OCc3ccc(Cl)cc3)cc2)N1c1ccc(N2CCOCC2)c(Cl)c1. The summed E-state index contributed by atoms with van der Waals surface area (Å²) < 4.78 is 11.5. The molecular formula is C33H30Cl2N4O3. The molecule has 0 N–H and O–H groups in total. The van der Waals surface area contributed by atoms with Gasteiger partial charge in [0.05, 0.1) is 29.6 Å². The number of ketones is 1. The number of hydrazone groups is 1. The summed E-state index contributed by atoms with van der Waals surface area (Å²) in [4.78, 5) is 17.2. The number of benzene rings is 4. The fourth-order valence-electron chi connectivity index (χ4n) is 5.19. The van der Waals surface area contributed by atoms with Crippen LogP contribution in [-0.4, -0.2) is 37.9 Å². The zero-order valence-electron chi connectivity index (χ0n) is 23.1. The molecule has 4 aromatic rings. The Labute approximate surface area is 255 Å². The molecule has 2 aliphatic heterocycles. The van der Waals surface area contributed by atoms with Gasteiger partial charge in [0.25, 0.3) is 0 Å². The first-order valence-electron chi connectivity index (χ1n) is 13.8. The Balaban J connectivity index is 1.34. The first-order valence-corrected chi connectivity index (χ1v) is 14.6. The van der Waals surface area contributed by atoms with E-state index in [2.05, 4.69) is 4.90 Å². The molecule has 0 saturated carbocycles. The van der Waals surface area contributed by atoms with E-state index in [4.69, 9.17) is 37.8 Å². The number of carbonyl (C=O) groups is 1. The van der Waals surface area contributed by atoms with E-state index in [0.717, 1.165) is 47.0 Å². The second kappa shape index (κ2) is 12.4. The number of hydrogen-bond acceptors (Lipinski definition) is 7. The molecule has 7 nitrogen and oxygen atoms in total. The standard InChI is InChI=1S/C33H30Cl2N4O3/c1-23(40)32-36-39(27-5-3-2-4-6-27)33(25-9-14-29(15-10-25)42-22-24-7-11-26(34)12-8-24)38(32)28-13-16-31(30(35)21-28)37-17-19-41-20-18-37/h2-16,21,33H,17-20,22H2,1H3/t33-/m1/s1. The molecule has 42 heavy (non-hydrogen) atoms. The van der Waals surface area contributed by atoms with E-state index in [-0.39, 0.29) is 5.78 Å². The van der Waals surface area contributed by atoms with Gasteiger partial charge in [-0.2, -0.15) is 0 Å². The molecule has 0 aliphatic carbocycles. The first kappa shape index (κ1) is 28.1. The number of anilines is 3. The summed E-state index contributed by atoms with van der Waals surface area (Å²) in [5.74, 6) is 0.923. The predicted octanol–water partition coefficient (Wildman–Crippen LogP) is 7.34. The van der Waals surface area contributed by atoms with Crippen molar-refractivity contribution in [3.05, 3.63) is 118 Å². The molecule has 1 atom stereocenters. The molecule has 0 radical (unpaired) electrons. The maximum atomic E-state index is 13.0. The third-order valence-electron chi connectivity index (χ3n) is 7.30. The van der Waals surface area contributed by atoms with Gasteiger partial charge in [-0.25, -0.2) is 5.01 Å². The Morgan fingerprint density at radius 1 is 0.905 bits per heavy atom. The van der Waals surface area contributed by atoms with Crippen molar-refractivity contribution < 1.29 is 14.3 Å². The second-order valence-corrected chi connectivity index (χ2v) is 11.0. The first-order chi connectivity index (χ1) is 20.5. The number of morpholine rings is 1. The van der Waals surface area contributed by atoms with Crippen molar-refractivity contribution in [2.24, 2.45) is 5.10 Å². The average molecular weight is 602 g/mol. The van der Waals surface area contributed by atoms with Gasteiger partial charge in [-0.3, -0.25) is 9.69 Å². The zero-order valence-corrected chi connectivity index (χ0v) is 24.6. The van der Waals surface area contributed by atoms with Crippen molar-refractivity contribution in [2.75, 3.05) is 41.1 Å². The molecule has 214 valence electrons. The van der Waals surface area contributed by atoms with Crippen molar-refractivity contribution in [1.29, 1.82) is 0 Å². The van der Waals surface area contributed by atoms with Gasteiger partial charge in [-0.15, -0.1) is 5.10 Å². The number of halogens is 2. The summed E-state index contributed by atoms with van der Waals surface area (Å²) in [6.45, 7) is 4.85. The van der Waals surface area contributed by atoms with Crippen LogP contribution in [0.3, 0.4) is 0 Å². The lowest BCUT2D eigenvalue weighted by atomic mass is 10.1. The van der Waals surface area contributed by atoms with Crippen molar-refractivity contribution in [2.45, 2.75) is 19.7 Å². The minimum atomic E-state index is -0.429. The minimum Gasteiger partial charge on any atom is -0.489 e. The van der Waals surface area contributed by atoms with Crippen LogP contribution in [-0.2, 0) is 16.1 Å². The number of hydrogen-bond donors (Lipinski definition) is 0. The highest BCUT2D eigenvalue weighted by molar-refractivity contribution is 6.44. The van der Waals surface area contributed by atoms with Gasteiger partial charge in [0, 0.05) is 30.7 Å². The monoisotopic (exact) mass is 600 g/mol. The summed E-state index contributed by atoms with van der Waals surface area (Å²) in [7, 11) is 0. The molecule has 9 heteroatoms. The maximum Gasteiger partial charge on any atom is 0.198 e. The molecule has 1 saturated heterocycles. The number of Topliss-reactive ketones (excluding diaryl/α,β-unsaturated/α-hetero) is 1. The van der Waals surface area contributed by atoms with Crippen LogP contribution >= 0.6 is 23.2 Å². The van der Waals surface area contributed by atoms with Gasteiger partial charge in [0.1, 0.15) is 12.4 Å². The Morgan fingerprint density at radius 2 is 1.62 bits per heavy atom. The number of carbonyl (C=O) groups excluding carboxylic acids is 1. The van der Waals surface area contributed by atoms with E-state index in [1.54, 1.807) is 0 Å². The van der Waals surface area contributed by atoms with Gasteiger partial charge in [-0.05, 0) is 65.7 Å². The Hall–Kier alpha value is -4.04. The van der Waals surface area contributed by atoms with Crippen LogP contribution in [0.2, 0.25) is 10.0 Å². The Kier molecular flexibility index (Phi) is 8.33. The van der Waals surface area contributed by atoms with E-state index < -0.39 is 6.17 Å². The number of rotatable bonds is 8. The lowest BCUT2D eigenvalue weighted by Gasteiger charge is -2.33. The highest BCUT2D eigenvalue weighted by Gasteiger charge is 2.39. The highest BCUT2D eigenvalue weighted by atomic mass is 35.5. The van der Waals surface area contributed by atoms with E-state index in [9.17, 15) is 4.79 Å². The van der Waals surface area contributed by atoms with Gasteiger partial charge in [0.15, 0.2) is 17.8 Å². The maximum absolute atomic E-state index is 13.0. The largest absolute Gasteiger partial charge is 0.489 e. The normalized spacial score (nSPS) is 16.9. The molecule has 2 aliphatic rings. The summed E-state index contributed by atoms with van der Waals surface area (Å²) in [6, 6.07) is 31.2. The molecule has 4 aromatic carbocycles. The van der Waals surface area contributed by atoms with Crippen LogP contribution in [0.15, 0.2) is 102 Å². The van der Waals surface area contributed by atoms with E-state index >= 15 is 0 Å². The van der Waals surface area contributed by atoms with Crippen molar-refractivity contribution in [1.82, 2.24) is 0 Å². The van der Waals surface area contributed by atoms with Crippen LogP contribution in [0.1, 0.15) is 24.2 Å². The van der Waals surface area contributed by atoms with Gasteiger partial charge < -0.3 is 14.4 Å². The molecule has 0 unspecified atom stereocenters. The van der Waals surface area contributed by atoms with Gasteiger partial charge in [0.2, 0.25) is 0 Å². The third-order valence-corrected chi connectivity index (χ3v) is 7.86. The van der Waals surface area contributed by atoms with Crippen LogP contribution in [0.4, 0.5) is 17.1 Å². The number of ether oxygens (including phenoxy) is 2. The fraction of sp³-hybridized carbons (Fsp3) is 0.212. The lowest BCUT2D eigenvalue weighted by molar-refractivity contribution is -0.111. The van der Waals surface area contributed by atoms with E-state index in [1.807, 2.05) is 107 Å². The molecule has 0 aromatic heterocycles. The van der Waals surface area contributed by atoms with Gasteiger partial charge >= 0.3 is 0 Å². The summed E-state index contributed by atoms with van der Waals surface area (Å²) in [5, 5.41) is 8.02. The summed E-state index contributed by atoms with van der Waals surface area (Å²) in [5.41, 5.74) is 4.55. The quantitative estimate of drug-likeness (QED) is 0.211. The molecule has 1 fully saturated rings. The van der Waals surface area contributed by atoms with E-state index in [1.165, 1.54) is 6.92 Å². The number of nitrogens with zero attached hydrogens (tertiary/aromatic N) is 4. The second-order valence-electron chi connectivity index (χ2n) is 10.1.